The number of aromatic nitrogens is 1. The van der Waals surface area contributed by atoms with E-state index in [1.807, 2.05) is 12.3 Å². The average molecular weight is 406 g/mol. The number of thiazole rings is 1. The number of carbonyl (C=O) groups is 1. The van der Waals surface area contributed by atoms with Gasteiger partial charge in [-0.1, -0.05) is 18.2 Å². The first-order chi connectivity index (χ1) is 13.3. The van der Waals surface area contributed by atoms with E-state index in [0.29, 0.717) is 23.5 Å². The fourth-order valence-electron chi connectivity index (χ4n) is 2.50. The highest BCUT2D eigenvalue weighted by atomic mass is 32.1. The molecule has 146 valence electrons. The van der Waals surface area contributed by atoms with Gasteiger partial charge in [-0.15, -0.1) is 11.3 Å². The molecule has 0 fully saturated rings. The Kier molecular flexibility index (Phi) is 5.99. The Morgan fingerprint density at radius 3 is 2.68 bits per heavy atom. The summed E-state index contributed by atoms with van der Waals surface area (Å²) in [6.45, 7) is 2.19. The summed E-state index contributed by atoms with van der Waals surface area (Å²) in [6.07, 6.45) is -4.42. The first-order valence-electron chi connectivity index (χ1n) is 8.39. The van der Waals surface area contributed by atoms with Gasteiger partial charge < -0.3 is 10.1 Å². The quantitative estimate of drug-likeness (QED) is 0.628. The lowest BCUT2D eigenvalue weighted by atomic mass is 10.1. The highest BCUT2D eigenvalue weighted by Gasteiger charge is 2.30. The highest BCUT2D eigenvalue weighted by molar-refractivity contribution is 7.09. The van der Waals surface area contributed by atoms with E-state index >= 15 is 0 Å². The lowest BCUT2D eigenvalue weighted by Crippen LogP contribution is -2.23. The Balaban J connectivity index is 1.60. The maximum absolute atomic E-state index is 12.8. The van der Waals surface area contributed by atoms with Crippen molar-refractivity contribution >= 4 is 17.2 Å². The number of hydrogen-bond donors (Lipinski definition) is 1. The molecule has 0 saturated carbocycles. The van der Waals surface area contributed by atoms with Crippen molar-refractivity contribution < 1.29 is 22.7 Å². The summed E-state index contributed by atoms with van der Waals surface area (Å²) in [6, 6.07) is 11.5. The van der Waals surface area contributed by atoms with Crippen LogP contribution in [0.4, 0.5) is 13.2 Å². The lowest BCUT2D eigenvalue weighted by molar-refractivity contribution is -0.137. The van der Waals surface area contributed by atoms with Crippen LogP contribution in [-0.4, -0.2) is 10.9 Å². The number of carbonyl (C=O) groups excluding carboxylic acids is 1. The van der Waals surface area contributed by atoms with Gasteiger partial charge >= 0.3 is 6.18 Å². The summed E-state index contributed by atoms with van der Waals surface area (Å²) in [7, 11) is 0. The van der Waals surface area contributed by atoms with Gasteiger partial charge in [0.05, 0.1) is 16.3 Å². The molecule has 8 heteroatoms. The Morgan fingerprint density at radius 2 is 1.96 bits per heavy atom. The monoisotopic (exact) mass is 406 g/mol. The van der Waals surface area contributed by atoms with E-state index in [-0.39, 0.29) is 6.54 Å². The standard InChI is InChI=1S/C20H17F3N2O2S/c1-13-25-17(12-28-13)11-27-18-7-3-5-15(9-18)19(26)24-10-14-4-2-6-16(8-14)20(21,22)23/h2-9,12H,10-11H2,1H3,(H,24,26). The summed E-state index contributed by atoms with van der Waals surface area (Å²) in [4.78, 5) is 16.6. The second kappa shape index (κ2) is 8.43. The molecule has 0 aliphatic carbocycles. The maximum Gasteiger partial charge on any atom is 0.416 e. The van der Waals surface area contributed by atoms with Crippen LogP contribution in [0.3, 0.4) is 0 Å². The number of ether oxygens (including phenoxy) is 1. The number of nitrogens with zero attached hydrogens (tertiary/aromatic N) is 1. The molecule has 1 amide bonds. The summed E-state index contributed by atoms with van der Waals surface area (Å²) >= 11 is 1.53. The molecular weight excluding hydrogens is 389 g/mol. The van der Waals surface area contributed by atoms with Crippen molar-refractivity contribution in [2.45, 2.75) is 26.3 Å². The maximum atomic E-state index is 12.8. The molecule has 1 N–H and O–H groups in total. The molecule has 0 unspecified atom stereocenters. The molecule has 0 saturated heterocycles. The van der Waals surface area contributed by atoms with Gasteiger partial charge in [-0.25, -0.2) is 4.98 Å². The minimum Gasteiger partial charge on any atom is -0.487 e. The number of rotatable bonds is 6. The molecule has 0 aliphatic heterocycles. The van der Waals surface area contributed by atoms with Crippen LogP contribution < -0.4 is 10.1 Å². The third-order valence-electron chi connectivity index (χ3n) is 3.86. The summed E-state index contributed by atoms with van der Waals surface area (Å²) in [5.41, 5.74) is 0.794. The molecule has 0 aliphatic rings. The zero-order valence-electron chi connectivity index (χ0n) is 14.9. The van der Waals surface area contributed by atoms with Crippen LogP contribution in [-0.2, 0) is 19.3 Å². The molecule has 3 rings (SSSR count). The number of nitrogens with one attached hydrogen (secondary N) is 1. The second-order valence-corrected chi connectivity index (χ2v) is 7.12. The highest BCUT2D eigenvalue weighted by Crippen LogP contribution is 2.29. The van der Waals surface area contributed by atoms with Gasteiger partial charge in [0.25, 0.3) is 5.91 Å². The van der Waals surface area contributed by atoms with Gasteiger partial charge in [0.2, 0.25) is 0 Å². The molecule has 1 aromatic heterocycles. The predicted octanol–water partition coefficient (Wildman–Crippen LogP) is 4.98. The van der Waals surface area contributed by atoms with E-state index in [1.165, 1.54) is 23.5 Å². The third-order valence-corrected chi connectivity index (χ3v) is 4.68. The van der Waals surface area contributed by atoms with Crippen LogP contribution in [0.1, 0.15) is 32.2 Å². The van der Waals surface area contributed by atoms with Crippen LogP contribution in [0, 0.1) is 6.92 Å². The van der Waals surface area contributed by atoms with Gasteiger partial charge in [0.15, 0.2) is 0 Å². The summed E-state index contributed by atoms with van der Waals surface area (Å²) in [5.74, 6) is 0.115. The number of alkyl halides is 3. The number of amides is 1. The third kappa shape index (κ3) is 5.32. The van der Waals surface area contributed by atoms with Crippen molar-refractivity contribution in [1.82, 2.24) is 10.3 Å². The van der Waals surface area contributed by atoms with Crippen LogP contribution in [0.25, 0.3) is 0 Å². The zero-order chi connectivity index (χ0) is 20.1. The van der Waals surface area contributed by atoms with Gasteiger partial charge in [-0.2, -0.15) is 13.2 Å². The molecule has 1 heterocycles. The zero-order valence-corrected chi connectivity index (χ0v) is 15.7. The molecule has 2 aromatic carbocycles. The summed E-state index contributed by atoms with van der Waals surface area (Å²) < 4.78 is 44.0. The second-order valence-electron chi connectivity index (χ2n) is 6.06. The Bertz CT molecular complexity index is 970. The molecule has 0 bridgehead atoms. The van der Waals surface area contributed by atoms with Crippen molar-refractivity contribution in [3.8, 4) is 5.75 Å². The minimum absolute atomic E-state index is 0.00800. The van der Waals surface area contributed by atoms with Gasteiger partial charge in [-0.3, -0.25) is 4.79 Å². The molecule has 4 nitrogen and oxygen atoms in total. The topological polar surface area (TPSA) is 51.2 Å². The Morgan fingerprint density at radius 1 is 1.18 bits per heavy atom. The van der Waals surface area contributed by atoms with E-state index < -0.39 is 17.6 Å². The van der Waals surface area contributed by atoms with Crippen LogP contribution in [0.5, 0.6) is 5.75 Å². The van der Waals surface area contributed by atoms with Gasteiger partial charge in [-0.05, 0) is 42.8 Å². The minimum atomic E-state index is -4.42. The number of benzene rings is 2. The van der Waals surface area contributed by atoms with Gasteiger partial charge in [0, 0.05) is 17.5 Å². The molecule has 0 spiro atoms. The summed E-state index contributed by atoms with van der Waals surface area (Å²) in [5, 5.41) is 5.48. The van der Waals surface area contributed by atoms with Crippen molar-refractivity contribution in [2.75, 3.05) is 0 Å². The fourth-order valence-corrected chi connectivity index (χ4v) is 3.10. The SMILES string of the molecule is Cc1nc(COc2cccc(C(=O)NCc3cccc(C(F)(F)F)c3)c2)cs1. The van der Waals surface area contributed by atoms with E-state index in [0.717, 1.165) is 22.8 Å². The molecule has 0 atom stereocenters. The van der Waals surface area contributed by atoms with E-state index in [2.05, 4.69) is 10.3 Å². The molecule has 3 aromatic rings. The Hall–Kier alpha value is -2.87. The van der Waals surface area contributed by atoms with Gasteiger partial charge in [0.1, 0.15) is 12.4 Å². The lowest BCUT2D eigenvalue weighted by Gasteiger charge is -2.10. The normalized spacial score (nSPS) is 11.3. The van der Waals surface area contributed by atoms with Crippen LogP contribution in [0.2, 0.25) is 0 Å². The average Bonchev–Trinajstić information content (AvgIpc) is 3.09. The van der Waals surface area contributed by atoms with E-state index in [9.17, 15) is 18.0 Å². The molecular formula is C20H17F3N2O2S. The van der Waals surface area contributed by atoms with Crippen molar-refractivity contribution in [2.24, 2.45) is 0 Å². The van der Waals surface area contributed by atoms with Crippen molar-refractivity contribution in [3.63, 3.8) is 0 Å². The van der Waals surface area contributed by atoms with Crippen molar-refractivity contribution in [3.05, 3.63) is 81.3 Å². The fraction of sp³-hybridized carbons (Fsp3) is 0.200. The first kappa shape index (κ1) is 19.9. The smallest absolute Gasteiger partial charge is 0.416 e. The van der Waals surface area contributed by atoms with Crippen LogP contribution >= 0.6 is 11.3 Å². The number of halogens is 3. The number of aryl methyl sites for hydroxylation is 1. The molecule has 28 heavy (non-hydrogen) atoms. The number of hydrogen-bond acceptors (Lipinski definition) is 4. The Labute approximate surface area is 164 Å². The largest absolute Gasteiger partial charge is 0.487 e. The van der Waals surface area contributed by atoms with E-state index in [1.54, 1.807) is 24.3 Å². The first-order valence-corrected chi connectivity index (χ1v) is 9.27. The van der Waals surface area contributed by atoms with Crippen LogP contribution in [0.15, 0.2) is 53.9 Å². The predicted molar refractivity (Wildman–Crippen MR) is 100 cm³/mol. The molecule has 0 radical (unpaired) electrons. The van der Waals surface area contributed by atoms with Crippen molar-refractivity contribution in [1.29, 1.82) is 0 Å². The van der Waals surface area contributed by atoms with E-state index in [4.69, 9.17) is 4.74 Å².